The molecule has 0 spiro atoms. The van der Waals surface area contributed by atoms with Gasteiger partial charge < -0.3 is 9.88 Å². The molecule has 1 aromatic rings. The Hall–Kier alpha value is -1.30. The smallest absolute Gasteiger partial charge is 0.251 e. The molecule has 5 nitrogen and oxygen atoms in total. The van der Waals surface area contributed by atoms with Crippen molar-refractivity contribution in [2.75, 3.05) is 13.1 Å². The maximum atomic E-state index is 12.5. The fraction of sp³-hybridized carbons (Fsp3) is 0.688. The topological polar surface area (TPSA) is 66.1 Å². The van der Waals surface area contributed by atoms with Gasteiger partial charge in [0.15, 0.2) is 0 Å². The van der Waals surface area contributed by atoms with Gasteiger partial charge in [0.25, 0.3) is 5.56 Å². The number of hydrogen-bond donors (Lipinski definition) is 1. The third-order valence-corrected chi connectivity index (χ3v) is 5.08. The molecule has 0 aromatic carbocycles. The van der Waals surface area contributed by atoms with E-state index in [0.717, 1.165) is 38.0 Å². The lowest BCUT2D eigenvalue weighted by atomic mass is 10.2. The number of carbonyl (C=O) groups excluding carboxylic acids is 1. The van der Waals surface area contributed by atoms with Crippen LogP contribution in [0.4, 0.5) is 0 Å². The largest absolute Gasteiger partial charge is 0.342 e. The second-order valence-corrected chi connectivity index (χ2v) is 7.06. The minimum absolute atomic E-state index is 0.103. The molecule has 2 heterocycles. The molecular formula is C16H25N3O2S. The molecule has 0 saturated carbocycles. The highest BCUT2D eigenvalue weighted by atomic mass is 32.2. The van der Waals surface area contributed by atoms with Crippen LogP contribution < -0.4 is 5.56 Å². The van der Waals surface area contributed by atoms with Gasteiger partial charge in [-0.2, -0.15) is 0 Å². The maximum absolute atomic E-state index is 12.5. The number of aryl methyl sites for hydroxylation is 1. The van der Waals surface area contributed by atoms with Crippen LogP contribution in [-0.2, 0) is 17.0 Å². The molecule has 1 unspecified atom stereocenters. The normalized spacial score (nSPS) is 17.1. The summed E-state index contributed by atoms with van der Waals surface area (Å²) in [5, 5.41) is -0.103. The molecule has 22 heavy (non-hydrogen) atoms. The Morgan fingerprint density at radius 2 is 2.05 bits per heavy atom. The second-order valence-electron chi connectivity index (χ2n) is 5.73. The molecule has 1 saturated heterocycles. The van der Waals surface area contributed by atoms with Gasteiger partial charge in [-0.1, -0.05) is 19.8 Å². The number of nitrogens with one attached hydrogen (secondary N) is 1. The van der Waals surface area contributed by atoms with E-state index in [1.54, 1.807) is 11.8 Å². The van der Waals surface area contributed by atoms with Gasteiger partial charge in [-0.15, -0.1) is 11.8 Å². The summed E-state index contributed by atoms with van der Waals surface area (Å²) in [5.41, 5.74) is 0.680. The first-order chi connectivity index (χ1) is 10.6. The molecule has 1 N–H and O–H groups in total. The highest BCUT2D eigenvalue weighted by molar-refractivity contribution is 7.99. The SMILES string of the molecule is CCc1cc(=O)[nH]c(CSC(C)C(=O)N2CCCCCC2)n1. The van der Waals surface area contributed by atoms with Gasteiger partial charge in [0.05, 0.1) is 11.0 Å². The van der Waals surface area contributed by atoms with Crippen LogP contribution in [0, 0.1) is 0 Å². The lowest BCUT2D eigenvalue weighted by Crippen LogP contribution is -2.37. The zero-order chi connectivity index (χ0) is 15.9. The molecule has 1 fully saturated rings. The summed E-state index contributed by atoms with van der Waals surface area (Å²) in [5.74, 6) is 1.43. The minimum atomic E-state index is -0.117. The second kappa shape index (κ2) is 8.36. The molecule has 2 rings (SSSR count). The predicted octanol–water partition coefficient (Wildman–Crippen LogP) is 2.36. The minimum Gasteiger partial charge on any atom is -0.342 e. The lowest BCUT2D eigenvalue weighted by molar-refractivity contribution is -0.130. The molecule has 1 aliphatic heterocycles. The van der Waals surface area contributed by atoms with Crippen molar-refractivity contribution >= 4 is 17.7 Å². The predicted molar refractivity (Wildman–Crippen MR) is 90.0 cm³/mol. The van der Waals surface area contributed by atoms with Crippen molar-refractivity contribution in [2.45, 2.75) is 57.0 Å². The van der Waals surface area contributed by atoms with Crippen LogP contribution in [0.1, 0.15) is 51.0 Å². The number of aromatic amines is 1. The highest BCUT2D eigenvalue weighted by Gasteiger charge is 2.21. The Bertz CT molecular complexity index is 551. The van der Waals surface area contributed by atoms with Crippen molar-refractivity contribution in [1.29, 1.82) is 0 Å². The van der Waals surface area contributed by atoms with E-state index in [2.05, 4.69) is 9.97 Å². The number of likely N-dealkylation sites (tertiary alicyclic amines) is 1. The summed E-state index contributed by atoms with van der Waals surface area (Å²) < 4.78 is 0. The van der Waals surface area contributed by atoms with Crippen molar-refractivity contribution in [3.63, 3.8) is 0 Å². The van der Waals surface area contributed by atoms with Crippen molar-refractivity contribution in [1.82, 2.24) is 14.9 Å². The number of H-pyrrole nitrogens is 1. The molecule has 1 atom stereocenters. The molecule has 0 aliphatic carbocycles. The van der Waals surface area contributed by atoms with E-state index in [-0.39, 0.29) is 16.7 Å². The van der Waals surface area contributed by atoms with Crippen molar-refractivity contribution in [3.8, 4) is 0 Å². The Morgan fingerprint density at radius 1 is 1.36 bits per heavy atom. The number of hydrogen-bond acceptors (Lipinski definition) is 4. The summed E-state index contributed by atoms with van der Waals surface area (Å²) in [4.78, 5) is 33.2. The first kappa shape index (κ1) is 17.1. The summed E-state index contributed by atoms with van der Waals surface area (Å²) in [6.45, 7) is 5.68. The Labute approximate surface area is 135 Å². The van der Waals surface area contributed by atoms with Gasteiger partial charge in [-0.05, 0) is 26.2 Å². The van der Waals surface area contributed by atoms with E-state index < -0.39 is 0 Å². The maximum Gasteiger partial charge on any atom is 0.251 e. The molecular weight excluding hydrogens is 298 g/mol. The molecule has 6 heteroatoms. The zero-order valence-corrected chi connectivity index (χ0v) is 14.2. The van der Waals surface area contributed by atoms with Crippen molar-refractivity contribution < 1.29 is 4.79 Å². The quantitative estimate of drug-likeness (QED) is 0.903. The van der Waals surface area contributed by atoms with E-state index >= 15 is 0 Å². The number of carbonyl (C=O) groups is 1. The summed E-state index contributed by atoms with van der Waals surface area (Å²) in [6, 6.07) is 1.53. The summed E-state index contributed by atoms with van der Waals surface area (Å²) in [6.07, 6.45) is 5.40. The molecule has 0 radical (unpaired) electrons. The van der Waals surface area contributed by atoms with E-state index in [0.29, 0.717) is 11.6 Å². The number of rotatable bonds is 5. The number of thioether (sulfide) groups is 1. The fourth-order valence-corrected chi connectivity index (χ4v) is 3.47. The average molecular weight is 323 g/mol. The van der Waals surface area contributed by atoms with Gasteiger partial charge >= 0.3 is 0 Å². The third-order valence-electron chi connectivity index (χ3n) is 3.94. The van der Waals surface area contributed by atoms with E-state index in [1.807, 2.05) is 18.7 Å². The van der Waals surface area contributed by atoms with Crippen molar-refractivity contribution in [2.24, 2.45) is 0 Å². The van der Waals surface area contributed by atoms with E-state index in [1.165, 1.54) is 18.9 Å². The lowest BCUT2D eigenvalue weighted by Gasteiger charge is -2.23. The van der Waals surface area contributed by atoms with Gasteiger partial charge in [0, 0.05) is 24.8 Å². The van der Waals surface area contributed by atoms with Crippen LogP contribution in [0.5, 0.6) is 0 Å². The Kier molecular flexibility index (Phi) is 6.49. The van der Waals surface area contributed by atoms with Crippen LogP contribution in [0.3, 0.4) is 0 Å². The average Bonchev–Trinajstić information content (AvgIpc) is 2.80. The van der Waals surface area contributed by atoms with E-state index in [9.17, 15) is 9.59 Å². The monoisotopic (exact) mass is 323 g/mol. The van der Waals surface area contributed by atoms with Crippen LogP contribution in [0.2, 0.25) is 0 Å². The molecule has 1 amide bonds. The zero-order valence-electron chi connectivity index (χ0n) is 13.4. The van der Waals surface area contributed by atoms with Gasteiger partial charge in [0.2, 0.25) is 5.91 Å². The first-order valence-corrected chi connectivity index (χ1v) is 9.14. The molecule has 1 aromatic heterocycles. The first-order valence-electron chi connectivity index (χ1n) is 8.09. The summed E-state index contributed by atoms with van der Waals surface area (Å²) >= 11 is 1.54. The highest BCUT2D eigenvalue weighted by Crippen LogP contribution is 2.19. The Morgan fingerprint density at radius 3 is 2.68 bits per heavy atom. The van der Waals surface area contributed by atoms with Crippen LogP contribution in [0.15, 0.2) is 10.9 Å². The summed E-state index contributed by atoms with van der Waals surface area (Å²) in [7, 11) is 0. The van der Waals surface area contributed by atoms with E-state index in [4.69, 9.17) is 0 Å². The molecule has 122 valence electrons. The van der Waals surface area contributed by atoms with Gasteiger partial charge in [0.1, 0.15) is 5.82 Å². The number of nitrogens with zero attached hydrogens (tertiary/aromatic N) is 2. The van der Waals surface area contributed by atoms with Crippen molar-refractivity contribution in [3.05, 3.63) is 27.9 Å². The van der Waals surface area contributed by atoms with Crippen LogP contribution in [0.25, 0.3) is 0 Å². The van der Waals surface area contributed by atoms with Gasteiger partial charge in [-0.3, -0.25) is 9.59 Å². The third kappa shape index (κ3) is 4.87. The molecule has 1 aliphatic rings. The standard InChI is InChI=1S/C16H25N3O2S/c1-3-13-10-15(20)18-14(17-13)11-22-12(2)16(21)19-8-6-4-5-7-9-19/h10,12H,3-9,11H2,1-2H3,(H,17,18,20). The molecule has 0 bridgehead atoms. The number of aromatic nitrogens is 2. The van der Waals surface area contributed by atoms with Crippen LogP contribution >= 0.6 is 11.8 Å². The Balaban J connectivity index is 1.91. The van der Waals surface area contributed by atoms with Crippen LogP contribution in [-0.4, -0.2) is 39.1 Å². The fourth-order valence-electron chi connectivity index (χ4n) is 2.64. The van der Waals surface area contributed by atoms with Gasteiger partial charge in [-0.25, -0.2) is 4.98 Å². The number of amides is 1.